The predicted molar refractivity (Wildman–Crippen MR) is 79.2 cm³/mol. The maximum atomic E-state index is 5.64. The zero-order chi connectivity index (χ0) is 13.7. The van der Waals surface area contributed by atoms with Crippen LogP contribution in [0.3, 0.4) is 0 Å². The summed E-state index contributed by atoms with van der Waals surface area (Å²) < 4.78 is 11.2. The van der Waals surface area contributed by atoms with Gasteiger partial charge in [0.25, 0.3) is 0 Å². The zero-order valence-corrected chi connectivity index (χ0v) is 12.2. The molecule has 1 aromatic rings. The van der Waals surface area contributed by atoms with Crippen molar-refractivity contribution in [3.63, 3.8) is 0 Å². The summed E-state index contributed by atoms with van der Waals surface area (Å²) in [4.78, 5) is 0. The predicted octanol–water partition coefficient (Wildman–Crippen LogP) is 4.08. The van der Waals surface area contributed by atoms with E-state index in [2.05, 4.69) is 18.3 Å². The first kappa shape index (κ1) is 14.0. The Kier molecular flexibility index (Phi) is 4.94. The van der Waals surface area contributed by atoms with Gasteiger partial charge in [-0.3, -0.25) is 0 Å². The third-order valence-corrected chi connectivity index (χ3v) is 3.34. The number of ether oxygens (including phenoxy) is 2. The van der Waals surface area contributed by atoms with Crippen LogP contribution in [-0.4, -0.2) is 19.3 Å². The van der Waals surface area contributed by atoms with Gasteiger partial charge in [-0.1, -0.05) is 12.8 Å². The molecule has 0 heterocycles. The lowest BCUT2D eigenvalue weighted by molar-refractivity contribution is 0.288. The summed E-state index contributed by atoms with van der Waals surface area (Å²) in [6.07, 6.45) is 4.07. The van der Waals surface area contributed by atoms with Crippen LogP contribution in [0.1, 0.15) is 40.0 Å². The van der Waals surface area contributed by atoms with Crippen LogP contribution >= 0.6 is 0 Å². The number of nitrogens with one attached hydrogen (secondary N) is 1. The molecule has 0 spiro atoms. The van der Waals surface area contributed by atoms with Crippen molar-refractivity contribution < 1.29 is 9.47 Å². The highest BCUT2D eigenvalue weighted by molar-refractivity contribution is 5.55. The van der Waals surface area contributed by atoms with Crippen LogP contribution in [0.5, 0.6) is 11.5 Å². The Morgan fingerprint density at radius 3 is 2.47 bits per heavy atom. The van der Waals surface area contributed by atoms with Crippen LogP contribution in [0.15, 0.2) is 18.2 Å². The molecular formula is C16H25NO2. The van der Waals surface area contributed by atoms with Crippen molar-refractivity contribution in [1.82, 2.24) is 0 Å². The minimum absolute atomic E-state index is 0.514. The van der Waals surface area contributed by atoms with Gasteiger partial charge in [0.15, 0.2) is 11.5 Å². The molecule has 0 aliphatic heterocycles. The van der Waals surface area contributed by atoms with Gasteiger partial charge in [0.2, 0.25) is 0 Å². The molecule has 3 heteroatoms. The van der Waals surface area contributed by atoms with E-state index in [1.165, 1.54) is 19.3 Å². The average Bonchev–Trinajstić information content (AvgIpc) is 3.17. The van der Waals surface area contributed by atoms with E-state index < -0.39 is 0 Å². The average molecular weight is 263 g/mol. The molecule has 0 aromatic heterocycles. The fourth-order valence-corrected chi connectivity index (χ4v) is 2.34. The first-order chi connectivity index (χ1) is 9.22. The van der Waals surface area contributed by atoms with E-state index in [-0.39, 0.29) is 0 Å². The van der Waals surface area contributed by atoms with Crippen molar-refractivity contribution in [1.29, 1.82) is 0 Å². The van der Waals surface area contributed by atoms with E-state index in [9.17, 15) is 0 Å². The molecule has 3 nitrogen and oxygen atoms in total. The van der Waals surface area contributed by atoms with Gasteiger partial charge in [0.1, 0.15) is 0 Å². The van der Waals surface area contributed by atoms with Crippen LogP contribution in [0.2, 0.25) is 0 Å². The van der Waals surface area contributed by atoms with Crippen LogP contribution in [0.25, 0.3) is 0 Å². The summed E-state index contributed by atoms with van der Waals surface area (Å²) in [5.74, 6) is 2.59. The molecule has 0 amide bonds. The maximum Gasteiger partial charge on any atom is 0.163 e. The summed E-state index contributed by atoms with van der Waals surface area (Å²) in [7, 11) is 0. The molecule has 1 fully saturated rings. The molecule has 1 aliphatic carbocycles. The lowest BCUT2D eigenvalue weighted by atomic mass is 10.1. The van der Waals surface area contributed by atoms with Gasteiger partial charge < -0.3 is 14.8 Å². The second-order valence-electron chi connectivity index (χ2n) is 5.25. The standard InChI is InChI=1S/C16H25NO2/c1-4-18-15-9-8-14(11-16(15)19-5-2)17-12(3)10-13-6-7-13/h8-9,11-13,17H,4-7,10H2,1-3H3. The molecule has 0 bridgehead atoms. The van der Waals surface area contributed by atoms with Crippen molar-refractivity contribution in [3.05, 3.63) is 18.2 Å². The van der Waals surface area contributed by atoms with E-state index in [4.69, 9.17) is 9.47 Å². The third-order valence-electron chi connectivity index (χ3n) is 3.34. The van der Waals surface area contributed by atoms with Gasteiger partial charge >= 0.3 is 0 Å². The summed E-state index contributed by atoms with van der Waals surface area (Å²) in [6, 6.07) is 6.61. The Labute approximate surface area is 116 Å². The Balaban J connectivity index is 2.00. The lowest BCUT2D eigenvalue weighted by Crippen LogP contribution is -2.15. The minimum atomic E-state index is 0.514. The molecule has 0 radical (unpaired) electrons. The number of hydrogen-bond donors (Lipinski definition) is 1. The van der Waals surface area contributed by atoms with Crippen LogP contribution in [-0.2, 0) is 0 Å². The highest BCUT2D eigenvalue weighted by Gasteiger charge is 2.23. The maximum absolute atomic E-state index is 5.64. The fraction of sp³-hybridized carbons (Fsp3) is 0.625. The second-order valence-corrected chi connectivity index (χ2v) is 5.25. The molecule has 1 saturated carbocycles. The van der Waals surface area contributed by atoms with Gasteiger partial charge in [0.05, 0.1) is 13.2 Å². The number of rotatable bonds is 8. The minimum Gasteiger partial charge on any atom is -0.490 e. The summed E-state index contributed by atoms with van der Waals surface area (Å²) in [6.45, 7) is 7.53. The van der Waals surface area contributed by atoms with E-state index in [1.807, 2.05) is 26.0 Å². The van der Waals surface area contributed by atoms with E-state index in [0.29, 0.717) is 19.3 Å². The van der Waals surface area contributed by atoms with Gasteiger partial charge in [-0.05, 0) is 45.2 Å². The van der Waals surface area contributed by atoms with Crippen molar-refractivity contribution in [3.8, 4) is 11.5 Å². The Hall–Kier alpha value is -1.38. The normalized spacial score (nSPS) is 15.9. The molecule has 0 saturated heterocycles. The number of hydrogen-bond acceptors (Lipinski definition) is 3. The smallest absolute Gasteiger partial charge is 0.163 e. The Bertz CT molecular complexity index is 402. The summed E-state index contributed by atoms with van der Waals surface area (Å²) in [5.41, 5.74) is 1.11. The summed E-state index contributed by atoms with van der Waals surface area (Å²) in [5, 5.41) is 3.55. The van der Waals surface area contributed by atoms with Crippen molar-refractivity contribution in [2.45, 2.75) is 46.1 Å². The first-order valence-electron chi connectivity index (χ1n) is 7.39. The second kappa shape index (κ2) is 6.69. The highest BCUT2D eigenvalue weighted by atomic mass is 16.5. The molecule has 1 N–H and O–H groups in total. The molecule has 19 heavy (non-hydrogen) atoms. The summed E-state index contributed by atoms with van der Waals surface area (Å²) >= 11 is 0. The SMILES string of the molecule is CCOc1ccc(NC(C)CC2CC2)cc1OCC. The fourth-order valence-electron chi connectivity index (χ4n) is 2.34. The van der Waals surface area contributed by atoms with Crippen LogP contribution < -0.4 is 14.8 Å². The third kappa shape index (κ3) is 4.34. The van der Waals surface area contributed by atoms with E-state index in [1.54, 1.807) is 0 Å². The molecule has 106 valence electrons. The van der Waals surface area contributed by atoms with Crippen molar-refractivity contribution in [2.24, 2.45) is 5.92 Å². The van der Waals surface area contributed by atoms with Crippen molar-refractivity contribution in [2.75, 3.05) is 18.5 Å². The van der Waals surface area contributed by atoms with E-state index >= 15 is 0 Å². The van der Waals surface area contributed by atoms with Gasteiger partial charge in [0, 0.05) is 17.8 Å². The topological polar surface area (TPSA) is 30.5 Å². The Morgan fingerprint density at radius 2 is 1.84 bits per heavy atom. The zero-order valence-electron chi connectivity index (χ0n) is 12.2. The molecule has 1 unspecified atom stereocenters. The highest BCUT2D eigenvalue weighted by Crippen LogP contribution is 2.35. The molecular weight excluding hydrogens is 238 g/mol. The quantitative estimate of drug-likeness (QED) is 0.766. The molecule has 1 aliphatic rings. The molecule has 2 rings (SSSR count). The monoisotopic (exact) mass is 263 g/mol. The van der Waals surface area contributed by atoms with E-state index in [0.717, 1.165) is 23.1 Å². The number of benzene rings is 1. The number of anilines is 1. The lowest BCUT2D eigenvalue weighted by Gasteiger charge is -2.17. The molecule has 1 atom stereocenters. The van der Waals surface area contributed by atoms with Gasteiger partial charge in [-0.15, -0.1) is 0 Å². The largest absolute Gasteiger partial charge is 0.490 e. The van der Waals surface area contributed by atoms with Gasteiger partial charge in [-0.25, -0.2) is 0 Å². The van der Waals surface area contributed by atoms with Crippen LogP contribution in [0, 0.1) is 5.92 Å². The first-order valence-corrected chi connectivity index (χ1v) is 7.39. The molecule has 1 aromatic carbocycles. The Morgan fingerprint density at radius 1 is 1.16 bits per heavy atom. The van der Waals surface area contributed by atoms with Gasteiger partial charge in [-0.2, -0.15) is 0 Å². The van der Waals surface area contributed by atoms with Crippen molar-refractivity contribution >= 4 is 5.69 Å². The van der Waals surface area contributed by atoms with Crippen LogP contribution in [0.4, 0.5) is 5.69 Å².